The monoisotopic (exact) mass is 1150 g/mol. The Balaban J connectivity index is 4.16. The molecule has 0 fully saturated rings. The van der Waals surface area contributed by atoms with Crippen molar-refractivity contribution < 1.29 is 28.6 Å². The topological polar surface area (TPSA) is 78.9 Å². The predicted molar refractivity (Wildman–Crippen MR) is 362 cm³/mol. The lowest BCUT2D eigenvalue weighted by atomic mass is 10.0. The Hall–Kier alpha value is -4.19. The normalized spacial score (nSPS) is 12.9. The first-order valence-corrected chi connectivity index (χ1v) is 35.0. The van der Waals surface area contributed by atoms with Gasteiger partial charge in [-0.1, -0.05) is 303 Å². The van der Waals surface area contributed by atoms with Crippen molar-refractivity contribution in [3.8, 4) is 0 Å². The number of carbonyl (C=O) groups excluding carboxylic acids is 3. The average Bonchev–Trinajstić information content (AvgIpc) is 3.49. The Labute approximate surface area is 513 Å². The van der Waals surface area contributed by atoms with Gasteiger partial charge in [-0.15, -0.1) is 0 Å². The van der Waals surface area contributed by atoms with E-state index >= 15 is 0 Å². The number of ether oxygens (including phenoxy) is 3. The molecule has 0 aromatic heterocycles. The van der Waals surface area contributed by atoms with Gasteiger partial charge in [0.15, 0.2) is 6.10 Å². The lowest BCUT2D eigenvalue weighted by molar-refractivity contribution is -0.167. The lowest BCUT2D eigenvalue weighted by Gasteiger charge is -2.18. The van der Waals surface area contributed by atoms with E-state index in [4.69, 9.17) is 14.2 Å². The van der Waals surface area contributed by atoms with Crippen molar-refractivity contribution >= 4 is 17.9 Å². The van der Waals surface area contributed by atoms with Crippen molar-refractivity contribution in [3.05, 3.63) is 122 Å². The fraction of sp³-hybridized carbons (Fsp3) is 0.701. The number of rotatable bonds is 63. The summed E-state index contributed by atoms with van der Waals surface area (Å²) in [4.78, 5) is 38.3. The molecule has 474 valence electrons. The third-order valence-corrected chi connectivity index (χ3v) is 14.9. The molecule has 0 saturated heterocycles. The van der Waals surface area contributed by atoms with Gasteiger partial charge in [-0.2, -0.15) is 0 Å². The molecule has 0 aliphatic heterocycles. The number of esters is 3. The maximum atomic E-state index is 12.9. The zero-order valence-corrected chi connectivity index (χ0v) is 54.4. The Morgan fingerprint density at radius 3 is 0.747 bits per heavy atom. The van der Waals surface area contributed by atoms with Crippen molar-refractivity contribution in [3.63, 3.8) is 0 Å². The summed E-state index contributed by atoms with van der Waals surface area (Å²) in [5, 5.41) is 0. The summed E-state index contributed by atoms with van der Waals surface area (Å²) in [6.07, 6.45) is 98.1. The molecule has 1 atom stereocenters. The summed E-state index contributed by atoms with van der Waals surface area (Å²) in [6, 6.07) is 0. The van der Waals surface area contributed by atoms with Crippen LogP contribution in [0.3, 0.4) is 0 Å². The van der Waals surface area contributed by atoms with Crippen molar-refractivity contribution in [2.45, 2.75) is 335 Å². The van der Waals surface area contributed by atoms with E-state index in [0.717, 1.165) is 128 Å². The molecular formula is C77H130O6. The molecule has 1 unspecified atom stereocenters. The fourth-order valence-electron chi connectivity index (χ4n) is 9.75. The molecule has 0 radical (unpaired) electrons. The van der Waals surface area contributed by atoms with E-state index in [1.807, 2.05) is 0 Å². The summed E-state index contributed by atoms with van der Waals surface area (Å²) in [5.74, 6) is -0.917. The third-order valence-electron chi connectivity index (χ3n) is 14.9. The van der Waals surface area contributed by atoms with Gasteiger partial charge in [0.1, 0.15) is 13.2 Å². The first-order chi connectivity index (χ1) is 41.0. The van der Waals surface area contributed by atoms with Gasteiger partial charge in [-0.3, -0.25) is 14.4 Å². The molecule has 0 bridgehead atoms. The van der Waals surface area contributed by atoms with E-state index < -0.39 is 6.10 Å². The van der Waals surface area contributed by atoms with Crippen LogP contribution in [-0.2, 0) is 28.6 Å². The summed E-state index contributed by atoms with van der Waals surface area (Å²) in [6.45, 7) is 6.38. The van der Waals surface area contributed by atoms with E-state index in [-0.39, 0.29) is 31.1 Å². The Kier molecular flexibility index (Phi) is 66.7. The van der Waals surface area contributed by atoms with Gasteiger partial charge < -0.3 is 14.2 Å². The molecule has 0 aliphatic rings. The molecule has 6 heteroatoms. The largest absolute Gasteiger partial charge is 0.462 e. The van der Waals surface area contributed by atoms with E-state index in [9.17, 15) is 14.4 Å². The van der Waals surface area contributed by atoms with Crippen molar-refractivity contribution in [2.75, 3.05) is 13.2 Å². The molecule has 0 heterocycles. The van der Waals surface area contributed by atoms with E-state index in [0.29, 0.717) is 19.3 Å². The zero-order valence-electron chi connectivity index (χ0n) is 54.4. The van der Waals surface area contributed by atoms with Crippen LogP contribution in [0, 0.1) is 0 Å². The van der Waals surface area contributed by atoms with Gasteiger partial charge >= 0.3 is 17.9 Å². The smallest absolute Gasteiger partial charge is 0.306 e. The molecule has 83 heavy (non-hydrogen) atoms. The molecule has 0 aliphatic carbocycles. The summed E-state index contributed by atoms with van der Waals surface area (Å²) < 4.78 is 16.9. The molecule has 0 aromatic rings. The van der Waals surface area contributed by atoms with Crippen LogP contribution in [0.1, 0.15) is 329 Å². The SMILES string of the molecule is CC/C=C\C/C=C\C/C=C\C/C=C\C/C=C\CCCCCCCCCCCCCCCCCCCCCC(=O)OCC(COC(=O)CCCCC/C=C\C/C=C\C/C=C\CC)OC(=O)CCCCCCCCC/C=C\C/C=C\CCCCC. The number of carbonyl (C=O) groups is 3. The first-order valence-electron chi connectivity index (χ1n) is 35.0. The maximum absolute atomic E-state index is 12.9. The van der Waals surface area contributed by atoms with Crippen LogP contribution in [0.15, 0.2) is 122 Å². The van der Waals surface area contributed by atoms with E-state index in [2.05, 4.69) is 142 Å². The van der Waals surface area contributed by atoms with Crippen LogP contribution in [0.25, 0.3) is 0 Å². The molecular weight excluding hydrogens is 1020 g/mol. The Morgan fingerprint density at radius 2 is 0.470 bits per heavy atom. The number of hydrogen-bond acceptors (Lipinski definition) is 6. The van der Waals surface area contributed by atoms with Crippen LogP contribution in [0.5, 0.6) is 0 Å². The quantitative estimate of drug-likeness (QED) is 0.0261. The Morgan fingerprint density at radius 1 is 0.253 bits per heavy atom. The highest BCUT2D eigenvalue weighted by atomic mass is 16.6. The summed E-state index contributed by atoms with van der Waals surface area (Å²) in [5.41, 5.74) is 0. The van der Waals surface area contributed by atoms with Crippen LogP contribution in [0.4, 0.5) is 0 Å². The molecule has 0 N–H and O–H groups in total. The van der Waals surface area contributed by atoms with Gasteiger partial charge in [-0.25, -0.2) is 0 Å². The van der Waals surface area contributed by atoms with E-state index in [1.54, 1.807) is 0 Å². The van der Waals surface area contributed by atoms with Gasteiger partial charge in [0.05, 0.1) is 0 Å². The predicted octanol–water partition coefficient (Wildman–Crippen LogP) is 24.3. The van der Waals surface area contributed by atoms with Gasteiger partial charge in [0.25, 0.3) is 0 Å². The highest BCUT2D eigenvalue weighted by molar-refractivity contribution is 5.71. The lowest BCUT2D eigenvalue weighted by Crippen LogP contribution is -2.30. The molecule has 0 rings (SSSR count). The third kappa shape index (κ3) is 68.5. The maximum Gasteiger partial charge on any atom is 0.306 e. The minimum absolute atomic E-state index is 0.0892. The van der Waals surface area contributed by atoms with Gasteiger partial charge in [0.2, 0.25) is 0 Å². The Bertz CT molecular complexity index is 1700. The van der Waals surface area contributed by atoms with Crippen molar-refractivity contribution in [1.82, 2.24) is 0 Å². The van der Waals surface area contributed by atoms with Crippen LogP contribution in [0.2, 0.25) is 0 Å². The van der Waals surface area contributed by atoms with E-state index in [1.165, 1.54) is 161 Å². The van der Waals surface area contributed by atoms with Crippen LogP contribution in [-0.4, -0.2) is 37.2 Å². The average molecular weight is 1150 g/mol. The fourth-order valence-corrected chi connectivity index (χ4v) is 9.75. The minimum atomic E-state index is -0.796. The summed E-state index contributed by atoms with van der Waals surface area (Å²) in [7, 11) is 0. The van der Waals surface area contributed by atoms with Crippen molar-refractivity contribution in [1.29, 1.82) is 0 Å². The molecule has 6 nitrogen and oxygen atoms in total. The first kappa shape index (κ1) is 78.8. The standard InChI is InChI=1S/C77H130O6/c1-4-7-10-13-16-19-22-25-27-29-30-31-32-33-34-35-36-37-38-39-40-41-42-43-44-45-46-48-49-52-55-58-61-64-67-70-76(79)82-73-74(72-81-75(78)69-66-63-60-57-54-51-24-21-18-15-12-9-6-3)83-77(80)71-68-65-62-59-56-53-50-47-28-26-23-20-17-14-11-8-5-2/h7,9-10,12,16-21,25-28,30-31,33-34,51,54,74H,4-6,8,11,13-15,22-24,29,32,35-50,52-53,55-73H2,1-3H3/b10-7-,12-9-,19-16-,20-17-,21-18-,27-25-,28-26-,31-30-,34-33-,54-51-. The number of allylic oxidation sites excluding steroid dienone is 20. The zero-order chi connectivity index (χ0) is 59.9. The number of hydrogen-bond donors (Lipinski definition) is 0. The van der Waals surface area contributed by atoms with Crippen LogP contribution < -0.4 is 0 Å². The highest BCUT2D eigenvalue weighted by Crippen LogP contribution is 2.17. The second-order valence-electron chi connectivity index (χ2n) is 23.0. The molecule has 0 saturated carbocycles. The van der Waals surface area contributed by atoms with Crippen LogP contribution >= 0.6 is 0 Å². The molecule has 0 aromatic carbocycles. The molecule has 0 amide bonds. The number of unbranched alkanes of at least 4 members (excludes halogenated alkanes) is 32. The summed E-state index contributed by atoms with van der Waals surface area (Å²) >= 11 is 0. The molecule has 0 spiro atoms. The second kappa shape index (κ2) is 70.3. The van der Waals surface area contributed by atoms with Crippen molar-refractivity contribution in [2.24, 2.45) is 0 Å². The van der Waals surface area contributed by atoms with Gasteiger partial charge in [-0.05, 0) is 128 Å². The highest BCUT2D eigenvalue weighted by Gasteiger charge is 2.19. The second-order valence-corrected chi connectivity index (χ2v) is 23.0. The van der Waals surface area contributed by atoms with Gasteiger partial charge in [0, 0.05) is 19.3 Å². The minimum Gasteiger partial charge on any atom is -0.462 e.